The Balaban J connectivity index is 1.32. The van der Waals surface area contributed by atoms with Gasteiger partial charge in [-0.1, -0.05) is 23.7 Å². The zero-order chi connectivity index (χ0) is 21.8. The predicted molar refractivity (Wildman–Crippen MR) is 125 cm³/mol. The lowest BCUT2D eigenvalue weighted by atomic mass is 10.1. The summed E-state index contributed by atoms with van der Waals surface area (Å²) in [7, 11) is 0. The molecule has 2 heterocycles. The van der Waals surface area contributed by atoms with Crippen LogP contribution in [-0.2, 0) is 20.8 Å². The number of carbonyl (C=O) groups excluding carboxylic acids is 3. The number of nitrogens with one attached hydrogen (secondary N) is 1. The van der Waals surface area contributed by atoms with Crippen molar-refractivity contribution in [3.05, 3.63) is 59.1 Å². The van der Waals surface area contributed by atoms with Crippen LogP contribution in [0, 0.1) is 5.92 Å². The molecule has 1 N–H and O–H groups in total. The van der Waals surface area contributed by atoms with Crippen LogP contribution in [-0.4, -0.2) is 53.8 Å². The molecule has 0 bridgehead atoms. The average molecular weight is 458 g/mol. The number of halogens is 1. The van der Waals surface area contributed by atoms with Crippen molar-refractivity contribution in [3.8, 4) is 0 Å². The lowest BCUT2D eigenvalue weighted by molar-refractivity contribution is -0.130. The first-order valence-electron chi connectivity index (χ1n) is 10.3. The Bertz CT molecular complexity index is 959. The molecule has 3 amide bonds. The molecule has 2 aromatic rings. The molecule has 2 aliphatic heterocycles. The molecule has 2 aromatic carbocycles. The molecule has 31 heavy (non-hydrogen) atoms. The van der Waals surface area contributed by atoms with E-state index in [1.807, 2.05) is 28.8 Å². The van der Waals surface area contributed by atoms with E-state index < -0.39 is 5.92 Å². The van der Waals surface area contributed by atoms with Crippen molar-refractivity contribution in [2.75, 3.05) is 41.4 Å². The third kappa shape index (κ3) is 5.40. The molecule has 1 unspecified atom stereocenters. The summed E-state index contributed by atoms with van der Waals surface area (Å²) in [6, 6.07) is 14.4. The topological polar surface area (TPSA) is 69.7 Å². The minimum atomic E-state index is -0.415. The number of nitrogens with zero attached hydrogens (tertiary/aromatic N) is 2. The lowest BCUT2D eigenvalue weighted by Gasteiger charge is -2.26. The zero-order valence-electron chi connectivity index (χ0n) is 17.1. The fourth-order valence-corrected chi connectivity index (χ4v) is 4.83. The van der Waals surface area contributed by atoms with Gasteiger partial charge >= 0.3 is 0 Å². The van der Waals surface area contributed by atoms with Crippen molar-refractivity contribution in [1.29, 1.82) is 0 Å². The van der Waals surface area contributed by atoms with Gasteiger partial charge in [-0.2, -0.15) is 11.8 Å². The molecular weight excluding hydrogens is 434 g/mol. The minimum absolute atomic E-state index is 0.0764. The summed E-state index contributed by atoms with van der Waals surface area (Å²) in [4.78, 5) is 41.0. The van der Waals surface area contributed by atoms with Crippen LogP contribution < -0.4 is 10.2 Å². The van der Waals surface area contributed by atoms with Crippen molar-refractivity contribution >= 4 is 52.5 Å². The molecular formula is C23H24ClN3O3S. The summed E-state index contributed by atoms with van der Waals surface area (Å²) in [6.07, 6.45) is 0.543. The molecule has 0 radical (unpaired) electrons. The Hall–Kier alpha value is -2.51. The summed E-state index contributed by atoms with van der Waals surface area (Å²) in [5.74, 6) is 1.46. The van der Waals surface area contributed by atoms with Gasteiger partial charge < -0.3 is 15.1 Å². The van der Waals surface area contributed by atoms with Crippen LogP contribution in [0.3, 0.4) is 0 Å². The fourth-order valence-electron chi connectivity index (χ4n) is 3.80. The van der Waals surface area contributed by atoms with Crippen LogP contribution in [0.4, 0.5) is 11.4 Å². The van der Waals surface area contributed by atoms with Crippen molar-refractivity contribution in [3.63, 3.8) is 0 Å². The Labute approximate surface area is 190 Å². The number of amides is 3. The standard InChI is InChI=1S/C23H24ClN3O3S/c24-18-3-7-20(8-4-18)27-15-17(14-22(27)29)23(30)25-19-5-1-16(2-6-19)13-21(28)26-9-11-31-12-10-26/h1-8,17H,9-15H2,(H,25,30). The van der Waals surface area contributed by atoms with Gasteiger partial charge in [-0.05, 0) is 42.0 Å². The maximum Gasteiger partial charge on any atom is 0.229 e. The number of carbonyl (C=O) groups is 3. The van der Waals surface area contributed by atoms with Crippen molar-refractivity contribution in [1.82, 2.24) is 4.90 Å². The second kappa shape index (κ2) is 9.75. The third-order valence-corrected chi connectivity index (χ3v) is 6.77. The maximum absolute atomic E-state index is 12.7. The highest BCUT2D eigenvalue weighted by Crippen LogP contribution is 2.27. The molecule has 1 atom stereocenters. The Morgan fingerprint density at radius 2 is 1.71 bits per heavy atom. The number of benzene rings is 2. The van der Waals surface area contributed by atoms with Gasteiger partial charge in [0.05, 0.1) is 12.3 Å². The predicted octanol–water partition coefficient (Wildman–Crippen LogP) is 3.45. The smallest absolute Gasteiger partial charge is 0.229 e. The second-order valence-corrected chi connectivity index (χ2v) is 9.40. The van der Waals surface area contributed by atoms with Crippen LogP contribution in [0.25, 0.3) is 0 Å². The van der Waals surface area contributed by atoms with Crippen molar-refractivity contribution in [2.45, 2.75) is 12.8 Å². The van der Waals surface area contributed by atoms with E-state index in [2.05, 4.69) is 5.32 Å². The summed E-state index contributed by atoms with van der Waals surface area (Å²) < 4.78 is 0. The van der Waals surface area contributed by atoms with E-state index in [-0.39, 0.29) is 24.1 Å². The highest BCUT2D eigenvalue weighted by molar-refractivity contribution is 7.99. The van der Waals surface area contributed by atoms with Gasteiger partial charge in [0.2, 0.25) is 17.7 Å². The van der Waals surface area contributed by atoms with Gasteiger partial charge in [-0.3, -0.25) is 14.4 Å². The summed E-state index contributed by atoms with van der Waals surface area (Å²) in [5, 5.41) is 3.49. The van der Waals surface area contributed by atoms with E-state index in [9.17, 15) is 14.4 Å². The third-order valence-electron chi connectivity index (χ3n) is 5.57. The zero-order valence-corrected chi connectivity index (χ0v) is 18.6. The van der Waals surface area contributed by atoms with Crippen LogP contribution in [0.2, 0.25) is 5.02 Å². The SMILES string of the molecule is O=C(Nc1ccc(CC(=O)N2CCSCC2)cc1)C1CC(=O)N(c2ccc(Cl)cc2)C1. The van der Waals surface area contributed by atoms with Gasteiger partial charge in [0.15, 0.2) is 0 Å². The lowest BCUT2D eigenvalue weighted by Crippen LogP contribution is -2.38. The summed E-state index contributed by atoms with van der Waals surface area (Å²) >= 11 is 7.79. The van der Waals surface area contributed by atoms with E-state index in [0.717, 1.165) is 35.8 Å². The minimum Gasteiger partial charge on any atom is -0.341 e. The first-order chi connectivity index (χ1) is 15.0. The number of rotatable bonds is 5. The van der Waals surface area contributed by atoms with E-state index in [1.165, 1.54) is 0 Å². The van der Waals surface area contributed by atoms with Gasteiger partial charge in [0, 0.05) is 54.0 Å². The molecule has 4 rings (SSSR count). The molecule has 0 saturated carbocycles. The monoisotopic (exact) mass is 457 g/mol. The van der Waals surface area contributed by atoms with Gasteiger partial charge in [-0.15, -0.1) is 0 Å². The normalized spacial score (nSPS) is 18.9. The molecule has 162 valence electrons. The van der Waals surface area contributed by atoms with Crippen LogP contribution in [0.15, 0.2) is 48.5 Å². The molecule has 0 aromatic heterocycles. The Kier molecular flexibility index (Phi) is 6.83. The summed E-state index contributed by atoms with van der Waals surface area (Å²) in [5.41, 5.74) is 2.32. The number of anilines is 2. The van der Waals surface area contributed by atoms with E-state index in [4.69, 9.17) is 11.6 Å². The van der Waals surface area contributed by atoms with E-state index in [0.29, 0.717) is 23.7 Å². The number of hydrogen-bond acceptors (Lipinski definition) is 4. The molecule has 2 saturated heterocycles. The number of thioether (sulfide) groups is 1. The number of hydrogen-bond donors (Lipinski definition) is 1. The van der Waals surface area contributed by atoms with Crippen LogP contribution >= 0.6 is 23.4 Å². The fraction of sp³-hybridized carbons (Fsp3) is 0.348. The average Bonchev–Trinajstić information content (AvgIpc) is 3.18. The van der Waals surface area contributed by atoms with Gasteiger partial charge in [0.25, 0.3) is 0 Å². The maximum atomic E-state index is 12.7. The quantitative estimate of drug-likeness (QED) is 0.746. The molecule has 6 nitrogen and oxygen atoms in total. The van der Waals surface area contributed by atoms with Gasteiger partial charge in [-0.25, -0.2) is 0 Å². The first kappa shape index (κ1) is 21.7. The first-order valence-corrected chi connectivity index (χ1v) is 11.8. The largest absolute Gasteiger partial charge is 0.341 e. The van der Waals surface area contributed by atoms with Crippen LogP contribution in [0.1, 0.15) is 12.0 Å². The van der Waals surface area contributed by atoms with Crippen molar-refractivity contribution in [2.24, 2.45) is 5.92 Å². The molecule has 2 aliphatic rings. The highest BCUT2D eigenvalue weighted by Gasteiger charge is 2.35. The Morgan fingerprint density at radius 1 is 1.03 bits per heavy atom. The molecule has 8 heteroatoms. The van der Waals surface area contributed by atoms with Gasteiger partial charge in [0.1, 0.15) is 0 Å². The molecule has 0 spiro atoms. The van der Waals surface area contributed by atoms with Crippen molar-refractivity contribution < 1.29 is 14.4 Å². The summed E-state index contributed by atoms with van der Waals surface area (Å²) in [6.45, 7) is 1.96. The molecule has 2 fully saturated rings. The van der Waals surface area contributed by atoms with Crippen LogP contribution in [0.5, 0.6) is 0 Å². The van der Waals surface area contributed by atoms with E-state index in [1.54, 1.807) is 41.3 Å². The van der Waals surface area contributed by atoms with E-state index >= 15 is 0 Å². The Morgan fingerprint density at radius 3 is 2.39 bits per heavy atom. The molecule has 0 aliphatic carbocycles. The second-order valence-electron chi connectivity index (χ2n) is 7.74. The highest BCUT2D eigenvalue weighted by atomic mass is 35.5.